The van der Waals surface area contributed by atoms with Crippen molar-refractivity contribution >= 4 is 23.2 Å². The van der Waals surface area contributed by atoms with Crippen LogP contribution in [0, 0.1) is 0 Å². The SMILES string of the molecule is NC1C=Cc2ccccc2C1=S. The molecule has 0 spiro atoms. The first-order valence-corrected chi connectivity index (χ1v) is 4.27. The Balaban J connectivity index is 2.59. The highest BCUT2D eigenvalue weighted by Crippen LogP contribution is 2.18. The third-order valence-corrected chi connectivity index (χ3v) is 2.50. The number of fused-ring (bicyclic) bond motifs is 1. The van der Waals surface area contributed by atoms with Gasteiger partial charge in [-0.1, -0.05) is 48.6 Å². The van der Waals surface area contributed by atoms with Gasteiger partial charge in [-0.25, -0.2) is 0 Å². The Morgan fingerprint density at radius 1 is 1.25 bits per heavy atom. The molecule has 1 aromatic carbocycles. The molecule has 1 aliphatic rings. The zero-order valence-corrected chi connectivity index (χ0v) is 7.34. The predicted octanol–water partition coefficient (Wildman–Crippen LogP) is 1.76. The summed E-state index contributed by atoms with van der Waals surface area (Å²) >= 11 is 5.21. The third-order valence-electron chi connectivity index (χ3n) is 2.01. The van der Waals surface area contributed by atoms with Crippen LogP contribution in [0.25, 0.3) is 6.08 Å². The topological polar surface area (TPSA) is 26.0 Å². The number of hydrogen-bond acceptors (Lipinski definition) is 2. The van der Waals surface area contributed by atoms with Crippen molar-refractivity contribution in [1.29, 1.82) is 0 Å². The van der Waals surface area contributed by atoms with Gasteiger partial charge < -0.3 is 5.73 Å². The maximum atomic E-state index is 5.77. The Hall–Kier alpha value is -0.990. The van der Waals surface area contributed by atoms with Crippen molar-refractivity contribution in [3.63, 3.8) is 0 Å². The van der Waals surface area contributed by atoms with Gasteiger partial charge in [-0.05, 0) is 11.1 Å². The van der Waals surface area contributed by atoms with Crippen molar-refractivity contribution in [2.45, 2.75) is 6.04 Å². The summed E-state index contributed by atoms with van der Waals surface area (Å²) in [6.45, 7) is 0. The lowest BCUT2D eigenvalue weighted by molar-refractivity contribution is 1.10. The van der Waals surface area contributed by atoms with Crippen LogP contribution in [-0.4, -0.2) is 10.9 Å². The lowest BCUT2D eigenvalue weighted by Crippen LogP contribution is -2.29. The molecule has 2 rings (SSSR count). The summed E-state index contributed by atoms with van der Waals surface area (Å²) < 4.78 is 0. The van der Waals surface area contributed by atoms with Gasteiger partial charge in [-0.15, -0.1) is 0 Å². The zero-order valence-electron chi connectivity index (χ0n) is 6.53. The Kier molecular flexibility index (Phi) is 1.79. The molecule has 1 unspecified atom stereocenters. The van der Waals surface area contributed by atoms with E-state index in [-0.39, 0.29) is 6.04 Å². The molecular formula is C10H9NS. The number of nitrogens with two attached hydrogens (primary N) is 1. The predicted molar refractivity (Wildman–Crippen MR) is 55.2 cm³/mol. The molecule has 1 atom stereocenters. The fraction of sp³-hybridized carbons (Fsp3) is 0.100. The second-order valence-corrected chi connectivity index (χ2v) is 3.28. The quantitative estimate of drug-likeness (QED) is 0.608. The van der Waals surface area contributed by atoms with E-state index >= 15 is 0 Å². The number of benzene rings is 1. The van der Waals surface area contributed by atoms with E-state index in [1.165, 1.54) is 5.56 Å². The molecule has 0 radical (unpaired) electrons. The highest BCUT2D eigenvalue weighted by molar-refractivity contribution is 7.81. The zero-order chi connectivity index (χ0) is 8.55. The standard InChI is InChI=1S/C10H9NS/c11-9-6-5-7-3-1-2-4-8(7)10(9)12/h1-6,9H,11H2. The van der Waals surface area contributed by atoms with Crippen LogP contribution in [0.15, 0.2) is 30.3 Å². The smallest absolute Gasteiger partial charge is 0.0593 e. The van der Waals surface area contributed by atoms with E-state index in [2.05, 4.69) is 0 Å². The minimum atomic E-state index is -0.0881. The van der Waals surface area contributed by atoms with Gasteiger partial charge in [-0.3, -0.25) is 0 Å². The molecule has 0 aromatic heterocycles. The van der Waals surface area contributed by atoms with Gasteiger partial charge in [0.05, 0.1) is 6.04 Å². The maximum absolute atomic E-state index is 5.77. The van der Waals surface area contributed by atoms with E-state index < -0.39 is 0 Å². The summed E-state index contributed by atoms with van der Waals surface area (Å²) in [6, 6.07) is 7.96. The van der Waals surface area contributed by atoms with E-state index in [1.54, 1.807) is 0 Å². The molecule has 2 heteroatoms. The van der Waals surface area contributed by atoms with Crippen molar-refractivity contribution in [2.75, 3.05) is 0 Å². The molecule has 0 heterocycles. The Labute approximate surface area is 76.9 Å². The molecule has 0 aliphatic heterocycles. The summed E-state index contributed by atoms with van der Waals surface area (Å²) in [5.74, 6) is 0. The van der Waals surface area contributed by atoms with E-state index in [0.717, 1.165) is 10.4 Å². The van der Waals surface area contributed by atoms with E-state index in [4.69, 9.17) is 18.0 Å². The molecule has 0 bridgehead atoms. The van der Waals surface area contributed by atoms with E-state index in [1.807, 2.05) is 36.4 Å². The summed E-state index contributed by atoms with van der Waals surface area (Å²) in [6.07, 6.45) is 3.96. The summed E-state index contributed by atoms with van der Waals surface area (Å²) in [7, 11) is 0. The molecule has 2 N–H and O–H groups in total. The first-order valence-electron chi connectivity index (χ1n) is 3.86. The third kappa shape index (κ3) is 1.09. The van der Waals surface area contributed by atoms with Gasteiger partial charge in [0.2, 0.25) is 0 Å². The molecule has 1 aromatic rings. The minimum absolute atomic E-state index is 0.0881. The Bertz CT molecular complexity index is 355. The van der Waals surface area contributed by atoms with Gasteiger partial charge in [-0.2, -0.15) is 0 Å². The van der Waals surface area contributed by atoms with Gasteiger partial charge in [0.15, 0.2) is 0 Å². The first kappa shape index (κ1) is 7.65. The largest absolute Gasteiger partial charge is 0.320 e. The van der Waals surface area contributed by atoms with Gasteiger partial charge >= 0.3 is 0 Å². The van der Waals surface area contributed by atoms with Crippen LogP contribution in [0.4, 0.5) is 0 Å². The lowest BCUT2D eigenvalue weighted by atomic mass is 9.95. The average molecular weight is 175 g/mol. The maximum Gasteiger partial charge on any atom is 0.0593 e. The van der Waals surface area contributed by atoms with Gasteiger partial charge in [0.1, 0.15) is 0 Å². The highest BCUT2D eigenvalue weighted by atomic mass is 32.1. The number of thiocarbonyl (C=S) groups is 1. The van der Waals surface area contributed by atoms with Crippen LogP contribution in [0.1, 0.15) is 11.1 Å². The van der Waals surface area contributed by atoms with Crippen molar-refractivity contribution in [3.8, 4) is 0 Å². The first-order chi connectivity index (χ1) is 5.79. The summed E-state index contributed by atoms with van der Waals surface area (Å²) in [5.41, 5.74) is 8.04. The Morgan fingerprint density at radius 2 is 2.00 bits per heavy atom. The molecule has 0 amide bonds. The van der Waals surface area contributed by atoms with Gasteiger partial charge in [0, 0.05) is 4.86 Å². The molecule has 0 saturated heterocycles. The fourth-order valence-corrected chi connectivity index (χ4v) is 1.61. The van der Waals surface area contributed by atoms with Crippen molar-refractivity contribution < 1.29 is 0 Å². The molecule has 0 saturated carbocycles. The molecule has 1 nitrogen and oxygen atoms in total. The number of rotatable bonds is 0. The van der Waals surface area contributed by atoms with Crippen molar-refractivity contribution in [2.24, 2.45) is 5.73 Å². The fourth-order valence-electron chi connectivity index (χ4n) is 1.34. The summed E-state index contributed by atoms with van der Waals surface area (Å²) in [5, 5.41) is 0. The monoisotopic (exact) mass is 175 g/mol. The Morgan fingerprint density at radius 3 is 2.83 bits per heavy atom. The molecule has 60 valence electrons. The van der Waals surface area contributed by atoms with E-state index in [0.29, 0.717) is 0 Å². The summed E-state index contributed by atoms with van der Waals surface area (Å²) in [4.78, 5) is 0.841. The second-order valence-electron chi connectivity index (χ2n) is 2.84. The minimum Gasteiger partial charge on any atom is -0.320 e. The van der Waals surface area contributed by atoms with Crippen molar-refractivity contribution in [1.82, 2.24) is 0 Å². The second kappa shape index (κ2) is 2.81. The number of hydrogen-bond donors (Lipinski definition) is 1. The molecule has 0 fully saturated rings. The van der Waals surface area contributed by atoms with Crippen molar-refractivity contribution in [3.05, 3.63) is 41.5 Å². The van der Waals surface area contributed by atoms with Crippen LogP contribution < -0.4 is 5.73 Å². The van der Waals surface area contributed by atoms with Crippen LogP contribution in [0.5, 0.6) is 0 Å². The highest BCUT2D eigenvalue weighted by Gasteiger charge is 2.14. The molecule has 1 aliphatic carbocycles. The van der Waals surface area contributed by atoms with Crippen LogP contribution in [0.2, 0.25) is 0 Å². The molecular weight excluding hydrogens is 166 g/mol. The van der Waals surface area contributed by atoms with Crippen LogP contribution in [0.3, 0.4) is 0 Å². The molecule has 12 heavy (non-hydrogen) atoms. The average Bonchev–Trinajstić information content (AvgIpc) is 2.12. The van der Waals surface area contributed by atoms with E-state index in [9.17, 15) is 0 Å². The van der Waals surface area contributed by atoms with Crippen LogP contribution >= 0.6 is 12.2 Å². The normalized spacial score (nSPS) is 20.8. The van der Waals surface area contributed by atoms with Crippen LogP contribution in [-0.2, 0) is 0 Å². The van der Waals surface area contributed by atoms with Gasteiger partial charge in [0.25, 0.3) is 0 Å². The lowest BCUT2D eigenvalue weighted by Gasteiger charge is -2.16.